The zero-order valence-electron chi connectivity index (χ0n) is 13.3. The number of hydrogen-bond donors (Lipinski definition) is 1. The predicted octanol–water partition coefficient (Wildman–Crippen LogP) is 0.107. The molecule has 1 aromatic rings. The molecule has 2 atom stereocenters. The van der Waals surface area contributed by atoms with Crippen molar-refractivity contribution in [2.24, 2.45) is 0 Å². The molecule has 24 heavy (non-hydrogen) atoms. The van der Waals surface area contributed by atoms with Crippen LogP contribution in [0.1, 0.15) is 18.7 Å². The number of ether oxygens (including phenoxy) is 3. The highest BCUT2D eigenvalue weighted by Crippen LogP contribution is 2.34. The molecule has 1 aromatic heterocycles. The van der Waals surface area contributed by atoms with E-state index < -0.39 is 5.54 Å². The molecule has 4 fully saturated rings. The van der Waals surface area contributed by atoms with Gasteiger partial charge in [-0.2, -0.15) is 9.97 Å². The fraction of sp³-hybridized carbons (Fsp3) is 0.800. The SMILES string of the molecule is Clc1nc(N2C3CCC2COC3)nc(C23COCC(COC2)N3)n1. The predicted molar refractivity (Wildman–Crippen MR) is 85.2 cm³/mol. The van der Waals surface area contributed by atoms with Gasteiger partial charge in [0.1, 0.15) is 5.54 Å². The van der Waals surface area contributed by atoms with E-state index in [-0.39, 0.29) is 11.3 Å². The highest BCUT2D eigenvalue weighted by atomic mass is 35.5. The van der Waals surface area contributed by atoms with Crippen LogP contribution >= 0.6 is 11.6 Å². The quantitative estimate of drug-likeness (QED) is 0.802. The molecular formula is C15H20ClN5O3. The second-order valence-electron chi connectivity index (χ2n) is 7.01. The van der Waals surface area contributed by atoms with Gasteiger partial charge in [0, 0.05) is 0 Å². The summed E-state index contributed by atoms with van der Waals surface area (Å²) in [6.45, 7) is 3.65. The van der Waals surface area contributed by atoms with Gasteiger partial charge in [-0.05, 0) is 24.4 Å². The molecule has 2 unspecified atom stereocenters. The summed E-state index contributed by atoms with van der Waals surface area (Å²) in [6.07, 6.45) is 2.20. The van der Waals surface area contributed by atoms with E-state index >= 15 is 0 Å². The minimum Gasteiger partial charge on any atom is -0.377 e. The zero-order valence-corrected chi connectivity index (χ0v) is 14.0. The van der Waals surface area contributed by atoms with Crippen molar-refractivity contribution in [1.82, 2.24) is 20.3 Å². The largest absolute Gasteiger partial charge is 0.377 e. The lowest BCUT2D eigenvalue weighted by molar-refractivity contribution is -0.108. The van der Waals surface area contributed by atoms with Crippen LogP contribution in [0.4, 0.5) is 5.95 Å². The second kappa shape index (κ2) is 5.74. The Labute approximate surface area is 144 Å². The molecule has 1 N–H and O–H groups in total. The summed E-state index contributed by atoms with van der Waals surface area (Å²) < 4.78 is 17.2. The highest BCUT2D eigenvalue weighted by molar-refractivity contribution is 6.28. The van der Waals surface area contributed by atoms with Gasteiger partial charge in [0.05, 0.1) is 57.8 Å². The fourth-order valence-corrected chi connectivity index (χ4v) is 4.37. The lowest BCUT2D eigenvalue weighted by Gasteiger charge is -2.44. The Morgan fingerprint density at radius 1 is 0.958 bits per heavy atom. The molecule has 4 aliphatic rings. The van der Waals surface area contributed by atoms with Crippen molar-refractivity contribution in [3.63, 3.8) is 0 Å². The summed E-state index contributed by atoms with van der Waals surface area (Å²) in [4.78, 5) is 15.8. The third-order valence-electron chi connectivity index (χ3n) is 5.31. The maximum absolute atomic E-state index is 6.25. The van der Waals surface area contributed by atoms with Crippen molar-refractivity contribution >= 4 is 17.5 Å². The molecule has 130 valence electrons. The second-order valence-corrected chi connectivity index (χ2v) is 7.35. The summed E-state index contributed by atoms with van der Waals surface area (Å²) in [6, 6.07) is 0.794. The van der Waals surface area contributed by atoms with Crippen LogP contribution in [0, 0.1) is 0 Å². The lowest BCUT2D eigenvalue weighted by Crippen LogP contribution is -2.64. The number of nitrogens with one attached hydrogen (secondary N) is 1. The van der Waals surface area contributed by atoms with Crippen molar-refractivity contribution in [2.45, 2.75) is 36.5 Å². The van der Waals surface area contributed by atoms with Crippen LogP contribution in [0.3, 0.4) is 0 Å². The van der Waals surface area contributed by atoms with Gasteiger partial charge in [0.15, 0.2) is 5.82 Å². The van der Waals surface area contributed by atoms with E-state index in [2.05, 4.69) is 20.2 Å². The maximum Gasteiger partial charge on any atom is 0.230 e. The molecule has 5 heterocycles. The van der Waals surface area contributed by atoms with Crippen LogP contribution in [0.25, 0.3) is 0 Å². The molecule has 4 aliphatic heterocycles. The Hall–Kier alpha value is -1.06. The monoisotopic (exact) mass is 353 g/mol. The number of nitrogens with zero attached hydrogens (tertiary/aromatic N) is 4. The van der Waals surface area contributed by atoms with Gasteiger partial charge in [0.25, 0.3) is 0 Å². The fourth-order valence-electron chi connectivity index (χ4n) is 4.22. The third kappa shape index (κ3) is 2.40. The Bertz CT molecular complexity index is 622. The smallest absolute Gasteiger partial charge is 0.230 e. The summed E-state index contributed by atoms with van der Waals surface area (Å²) in [5, 5.41) is 3.79. The summed E-state index contributed by atoms with van der Waals surface area (Å²) in [5.74, 6) is 1.25. The Kier molecular flexibility index (Phi) is 3.64. The van der Waals surface area contributed by atoms with Gasteiger partial charge in [-0.3, -0.25) is 5.32 Å². The normalized spacial score (nSPS) is 38.4. The first-order valence-electron chi connectivity index (χ1n) is 8.45. The van der Waals surface area contributed by atoms with Crippen molar-refractivity contribution in [3.05, 3.63) is 11.1 Å². The van der Waals surface area contributed by atoms with Crippen molar-refractivity contribution < 1.29 is 14.2 Å². The topological polar surface area (TPSA) is 81.6 Å². The molecule has 0 saturated carbocycles. The van der Waals surface area contributed by atoms with E-state index in [9.17, 15) is 0 Å². The van der Waals surface area contributed by atoms with Crippen molar-refractivity contribution in [3.8, 4) is 0 Å². The Balaban J connectivity index is 1.52. The molecule has 4 bridgehead atoms. The number of aromatic nitrogens is 3. The Morgan fingerprint density at radius 2 is 1.67 bits per heavy atom. The number of halogens is 1. The first-order valence-corrected chi connectivity index (χ1v) is 8.83. The average Bonchev–Trinajstić information content (AvgIpc) is 2.83. The van der Waals surface area contributed by atoms with Gasteiger partial charge in [-0.25, -0.2) is 4.98 Å². The van der Waals surface area contributed by atoms with E-state index in [1.807, 2.05) is 0 Å². The van der Waals surface area contributed by atoms with E-state index in [4.69, 9.17) is 30.8 Å². The van der Waals surface area contributed by atoms with Crippen LogP contribution in [-0.2, 0) is 19.7 Å². The molecule has 0 aromatic carbocycles. The van der Waals surface area contributed by atoms with Gasteiger partial charge in [0.2, 0.25) is 11.2 Å². The van der Waals surface area contributed by atoms with Crippen LogP contribution in [0.15, 0.2) is 0 Å². The molecule has 0 radical (unpaired) electrons. The molecule has 4 saturated heterocycles. The van der Waals surface area contributed by atoms with Gasteiger partial charge >= 0.3 is 0 Å². The van der Waals surface area contributed by atoms with E-state index in [0.29, 0.717) is 63.5 Å². The zero-order chi connectivity index (χ0) is 16.1. The molecule has 0 amide bonds. The minimum atomic E-state index is -0.548. The Morgan fingerprint density at radius 3 is 2.38 bits per heavy atom. The van der Waals surface area contributed by atoms with Gasteiger partial charge < -0.3 is 19.1 Å². The molecular weight excluding hydrogens is 334 g/mol. The van der Waals surface area contributed by atoms with E-state index in [0.717, 1.165) is 12.8 Å². The molecule has 9 heteroatoms. The number of hydrogen-bond acceptors (Lipinski definition) is 8. The number of fused-ring (bicyclic) bond motifs is 4. The maximum atomic E-state index is 6.25. The summed E-state index contributed by atoms with van der Waals surface area (Å²) in [5.41, 5.74) is -0.548. The molecule has 5 rings (SSSR count). The highest BCUT2D eigenvalue weighted by Gasteiger charge is 2.46. The number of anilines is 1. The number of rotatable bonds is 2. The molecule has 0 spiro atoms. The first kappa shape index (κ1) is 15.2. The minimum absolute atomic E-state index is 0.158. The average molecular weight is 354 g/mol. The standard InChI is InChI=1S/C15H20ClN5O3/c16-13-17-12(15-7-23-3-9(20-15)4-24-8-15)18-14(19-13)21-10-1-2-11(21)6-22-5-10/h9-11,20H,1-8H2. The summed E-state index contributed by atoms with van der Waals surface area (Å²) in [7, 11) is 0. The summed E-state index contributed by atoms with van der Waals surface area (Å²) >= 11 is 6.25. The first-order chi connectivity index (χ1) is 11.7. The number of morpholine rings is 3. The van der Waals surface area contributed by atoms with Gasteiger partial charge in [-0.1, -0.05) is 0 Å². The van der Waals surface area contributed by atoms with Crippen molar-refractivity contribution in [2.75, 3.05) is 44.5 Å². The molecule has 8 nitrogen and oxygen atoms in total. The molecule has 0 aliphatic carbocycles. The lowest BCUT2D eigenvalue weighted by atomic mass is 9.95. The van der Waals surface area contributed by atoms with E-state index in [1.54, 1.807) is 0 Å². The third-order valence-corrected chi connectivity index (χ3v) is 5.48. The van der Waals surface area contributed by atoms with Crippen LogP contribution < -0.4 is 10.2 Å². The van der Waals surface area contributed by atoms with Crippen molar-refractivity contribution in [1.29, 1.82) is 0 Å². The van der Waals surface area contributed by atoms with Crippen LogP contribution in [-0.4, -0.2) is 72.7 Å². The van der Waals surface area contributed by atoms with Crippen LogP contribution in [0.2, 0.25) is 5.28 Å². The van der Waals surface area contributed by atoms with Crippen LogP contribution in [0.5, 0.6) is 0 Å². The van der Waals surface area contributed by atoms with E-state index in [1.165, 1.54) is 0 Å². The van der Waals surface area contributed by atoms with Gasteiger partial charge in [-0.15, -0.1) is 0 Å².